The molecule has 17 heavy (non-hydrogen) atoms. The minimum Gasteiger partial charge on any atom is -0.326 e. The van der Waals surface area contributed by atoms with Gasteiger partial charge in [0.15, 0.2) is 0 Å². The van der Waals surface area contributed by atoms with E-state index in [4.69, 9.17) is 0 Å². The van der Waals surface area contributed by atoms with Crippen LogP contribution in [0.3, 0.4) is 0 Å². The van der Waals surface area contributed by atoms with E-state index in [1.165, 1.54) is 4.90 Å². The zero-order valence-electron chi connectivity index (χ0n) is 9.57. The van der Waals surface area contributed by atoms with Crippen LogP contribution in [0.1, 0.15) is 19.4 Å². The van der Waals surface area contributed by atoms with Gasteiger partial charge in [-0.15, -0.1) is 0 Å². The van der Waals surface area contributed by atoms with Crippen LogP contribution in [0.4, 0.5) is 4.79 Å². The number of hydrogen-bond donors (Lipinski definition) is 1. The Bertz CT molecular complexity index is 458. The number of thiophene rings is 1. The summed E-state index contributed by atoms with van der Waals surface area (Å²) < 4.78 is 0.941. The molecular weight excluding hydrogens is 304 g/mol. The number of hydrogen-bond acceptors (Lipinski definition) is 3. The lowest BCUT2D eigenvalue weighted by molar-refractivity contribution is -0.128. The average molecular weight is 317 g/mol. The molecule has 1 aromatic heterocycles. The first-order valence-corrected chi connectivity index (χ1v) is 7.06. The molecule has 0 radical (unpaired) electrons. The maximum absolute atomic E-state index is 12.0. The first kappa shape index (κ1) is 12.6. The average Bonchev–Trinajstić information content (AvgIpc) is 2.77. The lowest BCUT2D eigenvalue weighted by atomic mass is 10.1. The number of nitrogens with zero attached hydrogens (tertiary/aromatic N) is 1. The zero-order chi connectivity index (χ0) is 12.6. The molecule has 1 aromatic rings. The Morgan fingerprint density at radius 3 is 2.65 bits per heavy atom. The summed E-state index contributed by atoms with van der Waals surface area (Å²) in [7, 11) is 0. The lowest BCUT2D eigenvalue weighted by Gasteiger charge is -2.14. The number of nitrogens with one attached hydrogen (secondary N) is 1. The standard InChI is InChI=1S/C11H13BrN2O2S/c1-6(2)9-10(15)14(11(16)13-9)3-7-4-17-5-8(7)12/h4-6,9H,3H2,1-2H3,(H,13,16)/t9-/m0/s1. The van der Waals surface area contributed by atoms with Crippen LogP contribution >= 0.6 is 27.3 Å². The number of imide groups is 1. The van der Waals surface area contributed by atoms with Gasteiger partial charge < -0.3 is 5.32 Å². The van der Waals surface area contributed by atoms with Crippen molar-refractivity contribution in [3.8, 4) is 0 Å². The third-order valence-corrected chi connectivity index (χ3v) is 4.57. The summed E-state index contributed by atoms with van der Waals surface area (Å²) in [4.78, 5) is 25.0. The summed E-state index contributed by atoms with van der Waals surface area (Å²) >= 11 is 4.94. The quantitative estimate of drug-likeness (QED) is 0.871. The van der Waals surface area contributed by atoms with Crippen molar-refractivity contribution in [2.45, 2.75) is 26.4 Å². The number of amides is 3. The highest BCUT2D eigenvalue weighted by molar-refractivity contribution is 9.10. The molecule has 1 atom stereocenters. The number of halogens is 1. The minimum atomic E-state index is -0.389. The van der Waals surface area contributed by atoms with Crippen LogP contribution < -0.4 is 5.32 Å². The van der Waals surface area contributed by atoms with Crippen LogP contribution in [0.25, 0.3) is 0 Å². The van der Waals surface area contributed by atoms with E-state index in [0.29, 0.717) is 6.54 Å². The normalized spacial score (nSPS) is 20.2. The molecule has 0 bridgehead atoms. The maximum Gasteiger partial charge on any atom is 0.325 e. The first-order chi connectivity index (χ1) is 8.00. The van der Waals surface area contributed by atoms with Crippen molar-refractivity contribution >= 4 is 39.2 Å². The molecule has 4 nitrogen and oxygen atoms in total. The van der Waals surface area contributed by atoms with Gasteiger partial charge in [0.25, 0.3) is 5.91 Å². The third kappa shape index (κ3) is 2.37. The largest absolute Gasteiger partial charge is 0.326 e. The van der Waals surface area contributed by atoms with Crippen molar-refractivity contribution in [1.29, 1.82) is 0 Å². The molecule has 0 saturated carbocycles. The molecule has 2 heterocycles. The monoisotopic (exact) mass is 316 g/mol. The summed E-state index contributed by atoms with van der Waals surface area (Å²) in [6.45, 7) is 4.18. The Labute approximate surface area is 112 Å². The molecule has 1 aliphatic heterocycles. The Kier molecular flexibility index (Phi) is 3.53. The van der Waals surface area contributed by atoms with E-state index in [1.807, 2.05) is 24.6 Å². The molecular formula is C11H13BrN2O2S. The predicted molar refractivity (Wildman–Crippen MR) is 69.7 cm³/mol. The second kappa shape index (κ2) is 4.78. The number of urea groups is 1. The van der Waals surface area contributed by atoms with Gasteiger partial charge >= 0.3 is 6.03 Å². The van der Waals surface area contributed by atoms with E-state index in [1.54, 1.807) is 11.3 Å². The van der Waals surface area contributed by atoms with Gasteiger partial charge in [-0.3, -0.25) is 9.69 Å². The van der Waals surface area contributed by atoms with E-state index < -0.39 is 0 Å². The molecule has 3 amide bonds. The first-order valence-electron chi connectivity index (χ1n) is 5.33. The van der Waals surface area contributed by atoms with Gasteiger partial charge in [-0.2, -0.15) is 11.3 Å². The van der Waals surface area contributed by atoms with Gasteiger partial charge in [0.05, 0.1) is 6.54 Å². The Morgan fingerprint density at radius 1 is 1.47 bits per heavy atom. The van der Waals surface area contributed by atoms with Crippen LogP contribution in [-0.4, -0.2) is 22.9 Å². The van der Waals surface area contributed by atoms with Crippen LogP contribution in [0.5, 0.6) is 0 Å². The van der Waals surface area contributed by atoms with Crippen LogP contribution in [0.15, 0.2) is 15.2 Å². The van der Waals surface area contributed by atoms with Crippen molar-refractivity contribution in [3.63, 3.8) is 0 Å². The molecule has 92 valence electrons. The summed E-state index contributed by atoms with van der Waals surface area (Å²) in [6.07, 6.45) is 0. The highest BCUT2D eigenvalue weighted by Crippen LogP contribution is 2.24. The Balaban J connectivity index is 2.15. The summed E-state index contributed by atoms with van der Waals surface area (Å²) in [6, 6.07) is -0.688. The molecule has 0 aliphatic carbocycles. The minimum absolute atomic E-state index is 0.113. The lowest BCUT2D eigenvalue weighted by Crippen LogP contribution is -2.34. The van der Waals surface area contributed by atoms with Crippen LogP contribution in [0.2, 0.25) is 0 Å². The summed E-state index contributed by atoms with van der Waals surface area (Å²) in [5, 5.41) is 6.59. The fourth-order valence-corrected chi connectivity index (χ4v) is 3.15. The molecule has 0 spiro atoms. The van der Waals surface area contributed by atoms with Gasteiger partial charge in [0.2, 0.25) is 0 Å². The Morgan fingerprint density at radius 2 is 2.18 bits per heavy atom. The summed E-state index contributed by atoms with van der Waals surface area (Å²) in [5.41, 5.74) is 0.961. The van der Waals surface area contributed by atoms with Gasteiger partial charge in [0.1, 0.15) is 6.04 Å². The smallest absolute Gasteiger partial charge is 0.325 e. The van der Waals surface area contributed by atoms with Gasteiger partial charge in [-0.1, -0.05) is 13.8 Å². The molecule has 1 N–H and O–H groups in total. The van der Waals surface area contributed by atoms with E-state index in [0.717, 1.165) is 10.0 Å². The fourth-order valence-electron chi connectivity index (χ4n) is 1.73. The SMILES string of the molecule is CC(C)[C@@H]1NC(=O)N(Cc2cscc2Br)C1=O. The van der Waals surface area contributed by atoms with Gasteiger partial charge in [-0.25, -0.2) is 4.79 Å². The molecule has 1 saturated heterocycles. The molecule has 2 rings (SSSR count). The van der Waals surface area contributed by atoms with Gasteiger partial charge in [0, 0.05) is 9.85 Å². The second-order valence-corrected chi connectivity index (χ2v) is 5.94. The third-order valence-electron chi connectivity index (χ3n) is 2.74. The molecule has 6 heteroatoms. The topological polar surface area (TPSA) is 49.4 Å². The van der Waals surface area contributed by atoms with Crippen LogP contribution in [-0.2, 0) is 11.3 Å². The molecule has 1 aliphatic rings. The second-order valence-electron chi connectivity index (χ2n) is 4.34. The number of carbonyl (C=O) groups excluding carboxylic acids is 2. The molecule has 0 aromatic carbocycles. The van der Waals surface area contributed by atoms with Gasteiger partial charge in [-0.05, 0) is 32.8 Å². The van der Waals surface area contributed by atoms with Crippen molar-refractivity contribution < 1.29 is 9.59 Å². The number of rotatable bonds is 3. The predicted octanol–water partition coefficient (Wildman–Crippen LogP) is 2.59. The van der Waals surface area contributed by atoms with Crippen molar-refractivity contribution in [2.75, 3.05) is 0 Å². The number of carbonyl (C=O) groups is 2. The molecule has 1 fully saturated rings. The maximum atomic E-state index is 12.0. The van der Waals surface area contributed by atoms with E-state index in [-0.39, 0.29) is 23.9 Å². The van der Waals surface area contributed by atoms with E-state index >= 15 is 0 Å². The van der Waals surface area contributed by atoms with Crippen molar-refractivity contribution in [2.24, 2.45) is 5.92 Å². The molecule has 0 unspecified atom stereocenters. The highest BCUT2D eigenvalue weighted by atomic mass is 79.9. The zero-order valence-corrected chi connectivity index (χ0v) is 12.0. The fraction of sp³-hybridized carbons (Fsp3) is 0.455. The van der Waals surface area contributed by atoms with E-state index in [2.05, 4.69) is 21.2 Å². The summed E-state index contributed by atoms with van der Waals surface area (Å²) in [5.74, 6) is -0.0227. The van der Waals surface area contributed by atoms with Crippen LogP contribution in [0, 0.1) is 5.92 Å². The van der Waals surface area contributed by atoms with Crippen molar-refractivity contribution in [1.82, 2.24) is 10.2 Å². The van der Waals surface area contributed by atoms with Crippen molar-refractivity contribution in [3.05, 3.63) is 20.8 Å². The Hall–Kier alpha value is -0.880. The highest BCUT2D eigenvalue weighted by Gasteiger charge is 2.39. The van der Waals surface area contributed by atoms with E-state index in [9.17, 15) is 9.59 Å².